The first-order chi connectivity index (χ1) is 10.7. The highest BCUT2D eigenvalue weighted by atomic mass is 32.1. The van der Waals surface area contributed by atoms with E-state index in [2.05, 4.69) is 15.5 Å². The van der Waals surface area contributed by atoms with Crippen LogP contribution in [0.3, 0.4) is 0 Å². The number of nitrogen functional groups attached to an aromatic ring is 1. The summed E-state index contributed by atoms with van der Waals surface area (Å²) < 4.78 is 6.95. The van der Waals surface area contributed by atoms with E-state index < -0.39 is 0 Å². The highest BCUT2D eigenvalue weighted by Gasteiger charge is 2.23. The molecule has 118 valence electrons. The number of amides is 1. The minimum absolute atomic E-state index is 0.0374. The molecule has 1 amide bonds. The van der Waals surface area contributed by atoms with Gasteiger partial charge in [-0.05, 0) is 45.7 Å². The first-order valence-electron chi connectivity index (χ1n) is 7.14. The Kier molecular flexibility index (Phi) is 4.64. The molecule has 0 saturated carbocycles. The summed E-state index contributed by atoms with van der Waals surface area (Å²) in [7, 11) is 0. The van der Waals surface area contributed by atoms with Gasteiger partial charge in [-0.2, -0.15) is 11.3 Å². The van der Waals surface area contributed by atoms with Crippen LogP contribution in [0.25, 0.3) is 0 Å². The highest BCUT2D eigenvalue weighted by Crippen LogP contribution is 2.16. The maximum atomic E-state index is 12.6. The lowest BCUT2D eigenvalue weighted by Crippen LogP contribution is -2.39. The second-order valence-electron chi connectivity index (χ2n) is 5.24. The molecule has 0 spiro atoms. The predicted molar refractivity (Wildman–Crippen MR) is 80.9 cm³/mol. The second kappa shape index (κ2) is 6.84. The maximum absolute atomic E-state index is 12.6. The number of ether oxygens (including phenoxy) is 1. The van der Waals surface area contributed by atoms with E-state index in [1.165, 1.54) is 4.68 Å². The Labute approximate surface area is 131 Å². The van der Waals surface area contributed by atoms with Crippen LogP contribution >= 0.6 is 11.3 Å². The molecule has 1 aliphatic rings. The number of carbonyl (C=O) groups is 1. The normalized spacial score (nSPS) is 17.7. The summed E-state index contributed by atoms with van der Waals surface area (Å²) >= 11 is 1.62. The maximum Gasteiger partial charge on any atom is 0.244 e. The second-order valence-corrected chi connectivity index (χ2v) is 6.02. The van der Waals surface area contributed by atoms with Crippen LogP contribution in [-0.2, 0) is 22.6 Å². The number of tetrazole rings is 1. The fourth-order valence-electron chi connectivity index (χ4n) is 2.44. The number of hydrogen-bond donors (Lipinski definition) is 1. The van der Waals surface area contributed by atoms with Gasteiger partial charge in [-0.15, -0.1) is 0 Å². The molecule has 1 aliphatic heterocycles. The van der Waals surface area contributed by atoms with Crippen LogP contribution in [0.1, 0.15) is 18.4 Å². The van der Waals surface area contributed by atoms with Gasteiger partial charge in [-0.3, -0.25) is 4.79 Å². The molecular formula is C13H18N6O2S. The van der Waals surface area contributed by atoms with Crippen molar-refractivity contribution in [3.8, 4) is 0 Å². The summed E-state index contributed by atoms with van der Waals surface area (Å²) in [5.74, 6) is 0.0710. The number of thiophene rings is 1. The van der Waals surface area contributed by atoms with Crippen LogP contribution in [0.2, 0.25) is 0 Å². The number of hydrogen-bond acceptors (Lipinski definition) is 7. The SMILES string of the molecule is Nc1nnnn1CC(=O)N(Cc1ccsc1)CC1CCCO1. The van der Waals surface area contributed by atoms with E-state index >= 15 is 0 Å². The fraction of sp³-hybridized carbons (Fsp3) is 0.538. The third-order valence-corrected chi connectivity index (χ3v) is 4.33. The molecule has 0 aromatic carbocycles. The number of nitrogens with zero attached hydrogens (tertiary/aromatic N) is 5. The van der Waals surface area contributed by atoms with Crippen molar-refractivity contribution in [3.05, 3.63) is 22.4 Å². The minimum Gasteiger partial charge on any atom is -0.376 e. The molecule has 0 radical (unpaired) electrons. The molecule has 22 heavy (non-hydrogen) atoms. The van der Waals surface area contributed by atoms with Crippen LogP contribution in [0.4, 0.5) is 5.95 Å². The van der Waals surface area contributed by atoms with Gasteiger partial charge in [0, 0.05) is 19.7 Å². The first kappa shape index (κ1) is 14.9. The Bertz CT molecular complexity index is 608. The van der Waals surface area contributed by atoms with Crippen molar-refractivity contribution in [2.45, 2.75) is 32.0 Å². The Morgan fingerprint density at radius 2 is 2.50 bits per heavy atom. The van der Waals surface area contributed by atoms with Crippen LogP contribution in [-0.4, -0.2) is 50.3 Å². The van der Waals surface area contributed by atoms with Gasteiger partial charge in [0.2, 0.25) is 11.9 Å². The quantitative estimate of drug-likeness (QED) is 0.832. The van der Waals surface area contributed by atoms with Gasteiger partial charge in [0.15, 0.2) is 0 Å². The molecule has 1 fully saturated rings. The Balaban J connectivity index is 1.68. The summed E-state index contributed by atoms with van der Waals surface area (Å²) in [6.45, 7) is 1.95. The topological polar surface area (TPSA) is 99.2 Å². The van der Waals surface area contributed by atoms with E-state index in [-0.39, 0.29) is 24.5 Å². The summed E-state index contributed by atoms with van der Waals surface area (Å²) in [5.41, 5.74) is 6.73. The molecule has 3 rings (SSSR count). The van der Waals surface area contributed by atoms with Gasteiger partial charge < -0.3 is 15.4 Å². The molecule has 8 nitrogen and oxygen atoms in total. The molecule has 2 aromatic rings. The highest BCUT2D eigenvalue weighted by molar-refractivity contribution is 7.07. The summed E-state index contributed by atoms with van der Waals surface area (Å²) in [6.07, 6.45) is 2.14. The Hall–Kier alpha value is -2.00. The van der Waals surface area contributed by atoms with E-state index in [0.29, 0.717) is 13.1 Å². The number of nitrogens with two attached hydrogens (primary N) is 1. The monoisotopic (exact) mass is 322 g/mol. The number of carbonyl (C=O) groups excluding carboxylic acids is 1. The van der Waals surface area contributed by atoms with E-state index in [4.69, 9.17) is 10.5 Å². The summed E-state index contributed by atoms with van der Waals surface area (Å²) in [4.78, 5) is 14.4. The first-order valence-corrected chi connectivity index (χ1v) is 8.09. The van der Waals surface area contributed by atoms with Crippen molar-refractivity contribution in [2.75, 3.05) is 18.9 Å². The van der Waals surface area contributed by atoms with Crippen molar-refractivity contribution in [1.82, 2.24) is 25.1 Å². The largest absolute Gasteiger partial charge is 0.376 e. The van der Waals surface area contributed by atoms with Gasteiger partial charge >= 0.3 is 0 Å². The van der Waals surface area contributed by atoms with Crippen molar-refractivity contribution in [1.29, 1.82) is 0 Å². The van der Waals surface area contributed by atoms with Gasteiger partial charge in [-0.1, -0.05) is 5.10 Å². The number of rotatable bonds is 6. The molecule has 1 unspecified atom stereocenters. The van der Waals surface area contributed by atoms with Gasteiger partial charge in [0.1, 0.15) is 6.54 Å². The Morgan fingerprint density at radius 1 is 1.59 bits per heavy atom. The average molecular weight is 322 g/mol. The minimum atomic E-state index is -0.0688. The van der Waals surface area contributed by atoms with Gasteiger partial charge in [0.25, 0.3) is 0 Å². The number of anilines is 1. The molecule has 2 N–H and O–H groups in total. The van der Waals surface area contributed by atoms with Crippen LogP contribution in [0.15, 0.2) is 16.8 Å². The van der Waals surface area contributed by atoms with Gasteiger partial charge in [-0.25, -0.2) is 4.68 Å². The third kappa shape index (κ3) is 3.60. The molecule has 0 aliphatic carbocycles. The molecule has 2 aromatic heterocycles. The molecular weight excluding hydrogens is 304 g/mol. The molecule has 1 saturated heterocycles. The third-order valence-electron chi connectivity index (χ3n) is 3.60. The fourth-order valence-corrected chi connectivity index (χ4v) is 3.10. The van der Waals surface area contributed by atoms with Crippen LogP contribution in [0, 0.1) is 0 Å². The summed E-state index contributed by atoms with van der Waals surface area (Å²) in [5, 5.41) is 14.8. The van der Waals surface area contributed by atoms with E-state index in [1.54, 1.807) is 16.2 Å². The molecule has 3 heterocycles. The lowest BCUT2D eigenvalue weighted by Gasteiger charge is -2.25. The molecule has 1 atom stereocenters. The smallest absolute Gasteiger partial charge is 0.244 e. The number of aromatic nitrogens is 4. The van der Waals surface area contributed by atoms with Crippen molar-refractivity contribution in [3.63, 3.8) is 0 Å². The van der Waals surface area contributed by atoms with Crippen molar-refractivity contribution in [2.24, 2.45) is 0 Å². The van der Waals surface area contributed by atoms with E-state index in [9.17, 15) is 4.79 Å². The standard InChI is InChI=1S/C13H18N6O2S/c14-13-15-16-17-19(13)8-12(20)18(6-10-3-5-22-9-10)7-11-2-1-4-21-11/h3,5,9,11H,1-2,4,6-8H2,(H2,14,15,17). The van der Waals surface area contributed by atoms with E-state index in [0.717, 1.165) is 25.0 Å². The van der Waals surface area contributed by atoms with Crippen LogP contribution in [0.5, 0.6) is 0 Å². The zero-order chi connectivity index (χ0) is 15.4. The Morgan fingerprint density at radius 3 is 3.14 bits per heavy atom. The molecule has 9 heteroatoms. The average Bonchev–Trinajstić information content (AvgIpc) is 3.23. The van der Waals surface area contributed by atoms with Crippen molar-refractivity contribution < 1.29 is 9.53 Å². The molecule has 0 bridgehead atoms. The van der Waals surface area contributed by atoms with E-state index in [1.807, 2.05) is 16.8 Å². The van der Waals surface area contributed by atoms with Gasteiger partial charge in [0.05, 0.1) is 6.10 Å². The predicted octanol–water partition coefficient (Wildman–Crippen LogP) is 0.525. The lowest BCUT2D eigenvalue weighted by atomic mass is 10.2. The zero-order valence-corrected chi connectivity index (χ0v) is 12.9. The lowest BCUT2D eigenvalue weighted by molar-refractivity contribution is -0.134. The summed E-state index contributed by atoms with van der Waals surface area (Å²) in [6, 6.07) is 2.02. The van der Waals surface area contributed by atoms with Crippen LogP contribution < -0.4 is 5.73 Å². The zero-order valence-electron chi connectivity index (χ0n) is 12.1. The van der Waals surface area contributed by atoms with Crippen molar-refractivity contribution >= 4 is 23.2 Å².